The van der Waals surface area contributed by atoms with Gasteiger partial charge in [0.2, 0.25) is 5.78 Å². The first-order valence-corrected chi connectivity index (χ1v) is 11.2. The molecule has 3 heterocycles. The molecule has 0 radical (unpaired) electrons. The van der Waals surface area contributed by atoms with Gasteiger partial charge in [-0.3, -0.25) is 8.97 Å². The number of hydrogen-bond acceptors (Lipinski definition) is 3. The lowest BCUT2D eigenvalue weighted by molar-refractivity contribution is 0.476. The average molecular weight is 428 g/mol. The Morgan fingerprint density at radius 1 is 0.848 bits per heavy atom. The molecule has 0 aliphatic heterocycles. The molecule has 0 unspecified atom stereocenters. The molecule has 5 nitrogen and oxygen atoms in total. The smallest absolute Gasteiger partial charge is 0.221 e. The number of pyridine rings is 1. The Morgan fingerprint density at radius 2 is 1.70 bits per heavy atom. The van der Waals surface area contributed by atoms with Gasteiger partial charge < -0.3 is 5.11 Å². The van der Waals surface area contributed by atoms with Crippen LogP contribution in [-0.4, -0.2) is 31.9 Å². The Labute approximate surface area is 191 Å². The second kappa shape index (κ2) is 6.04. The van der Waals surface area contributed by atoms with Gasteiger partial charge in [0, 0.05) is 23.2 Å². The second-order valence-electron chi connectivity index (χ2n) is 9.46. The van der Waals surface area contributed by atoms with E-state index in [0.29, 0.717) is 0 Å². The van der Waals surface area contributed by atoms with Crippen molar-refractivity contribution in [1.82, 2.24) is 18.9 Å². The summed E-state index contributed by atoms with van der Waals surface area (Å²) >= 11 is 0. The highest BCUT2D eigenvalue weighted by Gasteiger charge is 2.36. The molecule has 0 saturated carbocycles. The largest absolute Gasteiger partial charge is 0.508 e. The van der Waals surface area contributed by atoms with Crippen molar-refractivity contribution in [1.29, 1.82) is 0 Å². The zero-order valence-electron chi connectivity index (χ0n) is 18.7. The molecule has 1 N–H and O–H groups in total. The Kier molecular flexibility index (Phi) is 3.39. The second-order valence-corrected chi connectivity index (χ2v) is 9.46. The number of aromatic nitrogens is 4. The van der Waals surface area contributed by atoms with Gasteiger partial charge in [-0.2, -0.15) is 0 Å². The highest BCUT2D eigenvalue weighted by Crippen LogP contribution is 2.48. The van der Waals surface area contributed by atoms with E-state index >= 15 is 0 Å². The quantitative estimate of drug-likeness (QED) is 0.402. The van der Waals surface area contributed by atoms with Crippen molar-refractivity contribution in [3.05, 3.63) is 84.1 Å². The fourth-order valence-electron chi connectivity index (χ4n) is 5.53. The minimum atomic E-state index is -0.123. The molecule has 1 aliphatic rings. The fraction of sp³-hybridized carbons (Fsp3) is 0.111. The third kappa shape index (κ3) is 2.27. The third-order valence-electron chi connectivity index (χ3n) is 7.19. The van der Waals surface area contributed by atoms with Gasteiger partial charge in [-0.1, -0.05) is 55.7 Å². The van der Waals surface area contributed by atoms with Crippen molar-refractivity contribution < 1.29 is 5.11 Å². The summed E-state index contributed by atoms with van der Waals surface area (Å²) in [5, 5.41) is 10.3. The van der Waals surface area contributed by atoms with E-state index in [1.807, 2.05) is 12.3 Å². The Balaban J connectivity index is 1.59. The summed E-state index contributed by atoms with van der Waals surface area (Å²) < 4.78 is 4.22. The van der Waals surface area contributed by atoms with Crippen LogP contribution in [0.5, 0.6) is 5.75 Å². The number of para-hydroxylation sites is 1. The van der Waals surface area contributed by atoms with Gasteiger partial charge in [0.1, 0.15) is 19.4 Å². The molecule has 3 aromatic carbocycles. The predicted molar refractivity (Wildman–Crippen MR) is 135 cm³/mol. The van der Waals surface area contributed by atoms with Crippen LogP contribution in [0.15, 0.2) is 72.9 Å². The molecule has 3 aromatic heterocycles. The van der Waals surface area contributed by atoms with Gasteiger partial charge >= 0.3 is 0 Å². The molecule has 6 heteroatoms. The topological polar surface area (TPSA) is 55.3 Å². The molecular formula is C27H21BN4O. The van der Waals surface area contributed by atoms with Crippen LogP contribution in [-0.2, 0) is 5.41 Å². The van der Waals surface area contributed by atoms with Gasteiger partial charge in [-0.05, 0) is 41.0 Å². The fourth-order valence-corrected chi connectivity index (χ4v) is 5.53. The standard InChI is InChI=1S/C27H21BN4O/c1-27(2)18-7-4-3-6-16(18)17-14-29-24(13-19(17)27)32-23-12-15(33)10-11-21(23)31-22-9-5-8-20(28)25(22)30-26(31)32/h3-14,33H,28H2,1-2H3. The highest BCUT2D eigenvalue weighted by molar-refractivity contribution is 6.38. The Morgan fingerprint density at radius 3 is 2.58 bits per heavy atom. The van der Waals surface area contributed by atoms with E-state index in [-0.39, 0.29) is 11.2 Å². The average Bonchev–Trinajstić information content (AvgIpc) is 3.40. The number of benzene rings is 3. The maximum atomic E-state index is 10.3. The van der Waals surface area contributed by atoms with E-state index in [1.165, 1.54) is 22.3 Å². The van der Waals surface area contributed by atoms with Crippen LogP contribution in [0.4, 0.5) is 0 Å². The molecule has 0 fully saturated rings. The van der Waals surface area contributed by atoms with Crippen LogP contribution in [0.2, 0.25) is 0 Å². The summed E-state index contributed by atoms with van der Waals surface area (Å²) in [7, 11) is 2.08. The summed E-state index contributed by atoms with van der Waals surface area (Å²) in [6, 6.07) is 22.5. The van der Waals surface area contributed by atoms with Gasteiger partial charge in [-0.25, -0.2) is 9.97 Å². The number of hydrogen-bond donors (Lipinski definition) is 1. The number of fused-ring (bicyclic) bond motifs is 8. The number of imidazole rings is 2. The predicted octanol–water partition coefficient (Wildman–Crippen LogP) is 4.10. The van der Waals surface area contributed by atoms with Crippen molar-refractivity contribution in [3.63, 3.8) is 0 Å². The van der Waals surface area contributed by atoms with E-state index in [1.54, 1.807) is 12.1 Å². The Hall–Kier alpha value is -4.06. The molecule has 0 spiro atoms. The van der Waals surface area contributed by atoms with Crippen molar-refractivity contribution in [3.8, 4) is 22.7 Å². The molecule has 33 heavy (non-hydrogen) atoms. The lowest BCUT2D eigenvalue weighted by atomic mass is 9.83. The summed E-state index contributed by atoms with van der Waals surface area (Å²) in [6.45, 7) is 4.54. The molecule has 158 valence electrons. The minimum Gasteiger partial charge on any atom is -0.508 e. The first-order valence-electron chi connectivity index (χ1n) is 11.2. The lowest BCUT2D eigenvalue weighted by Gasteiger charge is -2.21. The molecular weight excluding hydrogens is 407 g/mol. The lowest BCUT2D eigenvalue weighted by Crippen LogP contribution is -2.15. The summed E-state index contributed by atoms with van der Waals surface area (Å²) in [6.07, 6.45) is 1.98. The molecule has 0 amide bonds. The SMILES string of the molecule is Bc1cccc2c1nc1n(-c3cc4c(cn3)-c3ccccc3C4(C)C)c3cc(O)ccc3n21. The monoisotopic (exact) mass is 428 g/mol. The number of nitrogens with zero attached hydrogens (tertiary/aromatic N) is 4. The van der Waals surface area contributed by atoms with Gasteiger partial charge in [0.15, 0.2) is 0 Å². The van der Waals surface area contributed by atoms with Crippen molar-refractivity contribution in [2.45, 2.75) is 19.3 Å². The highest BCUT2D eigenvalue weighted by atomic mass is 16.3. The maximum absolute atomic E-state index is 10.3. The van der Waals surface area contributed by atoms with Crippen LogP contribution in [0, 0.1) is 0 Å². The molecule has 0 saturated heterocycles. The van der Waals surface area contributed by atoms with Gasteiger partial charge in [0.05, 0.1) is 22.1 Å². The van der Waals surface area contributed by atoms with Crippen molar-refractivity contribution in [2.24, 2.45) is 0 Å². The zero-order valence-corrected chi connectivity index (χ0v) is 18.7. The van der Waals surface area contributed by atoms with E-state index in [0.717, 1.165) is 39.1 Å². The number of phenols is 1. The summed E-state index contributed by atoms with van der Waals surface area (Å²) in [4.78, 5) is 9.94. The first kappa shape index (κ1) is 18.5. The maximum Gasteiger partial charge on any atom is 0.221 e. The normalized spacial score (nSPS) is 14.2. The molecule has 0 atom stereocenters. The van der Waals surface area contributed by atoms with Gasteiger partial charge in [0.25, 0.3) is 0 Å². The van der Waals surface area contributed by atoms with E-state index in [2.05, 4.69) is 79.2 Å². The first-order chi connectivity index (χ1) is 15.9. The summed E-state index contributed by atoms with van der Waals surface area (Å²) in [5.41, 5.74) is 9.90. The minimum absolute atomic E-state index is 0.123. The van der Waals surface area contributed by atoms with Crippen LogP contribution in [0.3, 0.4) is 0 Å². The third-order valence-corrected chi connectivity index (χ3v) is 7.19. The van der Waals surface area contributed by atoms with Crippen molar-refractivity contribution in [2.75, 3.05) is 0 Å². The Bertz CT molecular complexity index is 1780. The molecule has 1 aliphatic carbocycles. The van der Waals surface area contributed by atoms with E-state index in [4.69, 9.17) is 9.97 Å². The van der Waals surface area contributed by atoms with Crippen LogP contribution >= 0.6 is 0 Å². The van der Waals surface area contributed by atoms with E-state index < -0.39 is 0 Å². The van der Waals surface area contributed by atoms with E-state index in [9.17, 15) is 5.11 Å². The molecule has 7 rings (SSSR count). The van der Waals surface area contributed by atoms with Gasteiger partial charge in [-0.15, -0.1) is 0 Å². The zero-order chi connectivity index (χ0) is 22.5. The number of phenolic OH excluding ortho intramolecular Hbond substituents is 1. The number of aromatic hydroxyl groups is 1. The van der Waals surface area contributed by atoms with Crippen molar-refractivity contribution >= 4 is 41.2 Å². The van der Waals surface area contributed by atoms with Crippen LogP contribution in [0.25, 0.3) is 44.8 Å². The van der Waals surface area contributed by atoms with Crippen LogP contribution < -0.4 is 5.46 Å². The number of rotatable bonds is 1. The summed E-state index contributed by atoms with van der Waals surface area (Å²) in [5.74, 6) is 1.81. The molecule has 0 bridgehead atoms. The van der Waals surface area contributed by atoms with Crippen LogP contribution in [0.1, 0.15) is 25.0 Å². The molecule has 6 aromatic rings.